The highest BCUT2D eigenvalue weighted by Gasteiger charge is 2.22. The van der Waals surface area contributed by atoms with Crippen molar-refractivity contribution in [3.05, 3.63) is 17.5 Å². The van der Waals surface area contributed by atoms with Crippen LogP contribution in [-0.4, -0.2) is 35.6 Å². The van der Waals surface area contributed by atoms with Crippen molar-refractivity contribution >= 4 is 5.95 Å². The van der Waals surface area contributed by atoms with Gasteiger partial charge in [0.15, 0.2) is 0 Å². The first-order chi connectivity index (χ1) is 9.95. The standard InChI is InChI=1S/C17H30N4/c1-12(2)16-9-14(5)19-17(20-16)21-8-6-7-15(11-21)10-18-13(3)4/h9,12-13,15,18H,6-8,10-11H2,1-5H3. The van der Waals surface area contributed by atoms with Crippen molar-refractivity contribution in [3.8, 4) is 0 Å². The summed E-state index contributed by atoms with van der Waals surface area (Å²) >= 11 is 0. The van der Waals surface area contributed by atoms with Crippen molar-refractivity contribution in [3.63, 3.8) is 0 Å². The van der Waals surface area contributed by atoms with E-state index in [0.29, 0.717) is 17.9 Å². The molecule has 1 aromatic rings. The zero-order valence-electron chi connectivity index (χ0n) is 14.2. The highest BCUT2D eigenvalue weighted by molar-refractivity contribution is 5.33. The van der Waals surface area contributed by atoms with Gasteiger partial charge in [0.1, 0.15) is 0 Å². The third-order valence-corrected chi connectivity index (χ3v) is 4.07. The third-order valence-electron chi connectivity index (χ3n) is 4.07. The van der Waals surface area contributed by atoms with E-state index in [1.165, 1.54) is 12.8 Å². The molecule has 0 aromatic carbocycles. The van der Waals surface area contributed by atoms with Gasteiger partial charge in [0.2, 0.25) is 5.95 Å². The molecule has 1 aliphatic rings. The van der Waals surface area contributed by atoms with Crippen LogP contribution < -0.4 is 10.2 Å². The van der Waals surface area contributed by atoms with E-state index < -0.39 is 0 Å². The summed E-state index contributed by atoms with van der Waals surface area (Å²) in [6.07, 6.45) is 2.54. The van der Waals surface area contributed by atoms with Gasteiger partial charge in [-0.2, -0.15) is 0 Å². The minimum absolute atomic E-state index is 0.452. The van der Waals surface area contributed by atoms with Crippen LogP contribution in [0, 0.1) is 12.8 Å². The topological polar surface area (TPSA) is 41.1 Å². The van der Waals surface area contributed by atoms with Gasteiger partial charge in [-0.3, -0.25) is 0 Å². The van der Waals surface area contributed by atoms with Crippen LogP contribution in [0.1, 0.15) is 57.8 Å². The fourth-order valence-corrected chi connectivity index (χ4v) is 2.83. The van der Waals surface area contributed by atoms with Crippen LogP contribution in [-0.2, 0) is 0 Å². The number of aryl methyl sites for hydroxylation is 1. The normalized spacial score (nSPS) is 19.6. The molecular formula is C17H30N4. The zero-order chi connectivity index (χ0) is 15.4. The summed E-state index contributed by atoms with van der Waals surface area (Å²) in [6.45, 7) is 14.1. The number of aromatic nitrogens is 2. The molecule has 1 aromatic heterocycles. The molecule has 2 rings (SSSR count). The first-order valence-electron chi connectivity index (χ1n) is 8.29. The number of hydrogen-bond donors (Lipinski definition) is 1. The van der Waals surface area contributed by atoms with Gasteiger partial charge in [-0.05, 0) is 44.2 Å². The Bertz CT molecular complexity index is 456. The monoisotopic (exact) mass is 290 g/mol. The number of anilines is 1. The second kappa shape index (κ2) is 7.21. The van der Waals surface area contributed by atoms with Gasteiger partial charge in [-0.15, -0.1) is 0 Å². The third kappa shape index (κ3) is 4.67. The highest BCUT2D eigenvalue weighted by atomic mass is 15.3. The van der Waals surface area contributed by atoms with Crippen molar-refractivity contribution < 1.29 is 0 Å². The van der Waals surface area contributed by atoms with Gasteiger partial charge in [0, 0.05) is 30.5 Å². The average Bonchev–Trinajstić information content (AvgIpc) is 2.44. The van der Waals surface area contributed by atoms with E-state index in [2.05, 4.69) is 55.9 Å². The van der Waals surface area contributed by atoms with Crippen LogP contribution in [0.2, 0.25) is 0 Å². The number of hydrogen-bond acceptors (Lipinski definition) is 4. The summed E-state index contributed by atoms with van der Waals surface area (Å²) < 4.78 is 0. The van der Waals surface area contributed by atoms with E-state index in [1.807, 2.05) is 0 Å². The van der Waals surface area contributed by atoms with Gasteiger partial charge in [0.05, 0.1) is 0 Å². The Morgan fingerprint density at radius 3 is 2.71 bits per heavy atom. The Kier molecular flexibility index (Phi) is 5.57. The van der Waals surface area contributed by atoms with Gasteiger partial charge >= 0.3 is 0 Å². The number of rotatable bonds is 5. The average molecular weight is 290 g/mol. The fourth-order valence-electron chi connectivity index (χ4n) is 2.83. The SMILES string of the molecule is Cc1cc(C(C)C)nc(N2CCCC(CNC(C)C)C2)n1. The van der Waals surface area contributed by atoms with E-state index in [1.54, 1.807) is 0 Å². The lowest BCUT2D eigenvalue weighted by molar-refractivity contribution is 0.376. The molecule has 0 amide bonds. The molecule has 1 unspecified atom stereocenters. The Labute approximate surface area is 129 Å². The zero-order valence-corrected chi connectivity index (χ0v) is 14.2. The summed E-state index contributed by atoms with van der Waals surface area (Å²) in [6, 6.07) is 2.67. The smallest absolute Gasteiger partial charge is 0.225 e. The van der Waals surface area contributed by atoms with Crippen molar-refractivity contribution in [2.45, 2.75) is 59.4 Å². The molecule has 1 N–H and O–H groups in total. The summed E-state index contributed by atoms with van der Waals surface area (Å²) in [5, 5.41) is 3.56. The maximum Gasteiger partial charge on any atom is 0.225 e. The Morgan fingerprint density at radius 2 is 2.05 bits per heavy atom. The Balaban J connectivity index is 2.07. The van der Waals surface area contributed by atoms with Gasteiger partial charge in [-0.1, -0.05) is 27.7 Å². The quantitative estimate of drug-likeness (QED) is 0.904. The van der Waals surface area contributed by atoms with Crippen molar-refractivity contribution in [2.24, 2.45) is 5.92 Å². The van der Waals surface area contributed by atoms with E-state index in [9.17, 15) is 0 Å². The lowest BCUT2D eigenvalue weighted by Gasteiger charge is -2.33. The maximum atomic E-state index is 4.78. The number of nitrogens with zero attached hydrogens (tertiary/aromatic N) is 3. The summed E-state index contributed by atoms with van der Waals surface area (Å²) in [5.41, 5.74) is 2.23. The number of nitrogens with one attached hydrogen (secondary N) is 1. The predicted octanol–water partition coefficient (Wildman–Crippen LogP) is 3.12. The molecule has 1 aliphatic heterocycles. The van der Waals surface area contributed by atoms with E-state index >= 15 is 0 Å². The highest BCUT2D eigenvalue weighted by Crippen LogP contribution is 2.22. The second-order valence-corrected chi connectivity index (χ2v) is 6.91. The van der Waals surface area contributed by atoms with Crippen molar-refractivity contribution in [2.75, 3.05) is 24.5 Å². The van der Waals surface area contributed by atoms with E-state index in [-0.39, 0.29) is 0 Å². The summed E-state index contributed by atoms with van der Waals surface area (Å²) in [4.78, 5) is 11.8. The minimum atomic E-state index is 0.452. The van der Waals surface area contributed by atoms with Crippen LogP contribution in [0.15, 0.2) is 6.07 Å². The molecule has 0 bridgehead atoms. The van der Waals surface area contributed by atoms with E-state index in [4.69, 9.17) is 4.98 Å². The van der Waals surface area contributed by atoms with Gasteiger partial charge < -0.3 is 10.2 Å². The molecular weight excluding hydrogens is 260 g/mol. The lowest BCUT2D eigenvalue weighted by atomic mass is 9.98. The molecule has 1 atom stereocenters. The summed E-state index contributed by atoms with van der Waals surface area (Å²) in [7, 11) is 0. The fraction of sp³-hybridized carbons (Fsp3) is 0.765. The largest absolute Gasteiger partial charge is 0.340 e. The molecule has 0 aliphatic carbocycles. The Morgan fingerprint density at radius 1 is 1.29 bits per heavy atom. The molecule has 0 saturated carbocycles. The first kappa shape index (κ1) is 16.2. The minimum Gasteiger partial charge on any atom is -0.340 e. The van der Waals surface area contributed by atoms with Crippen LogP contribution >= 0.6 is 0 Å². The molecule has 4 heteroatoms. The molecule has 21 heavy (non-hydrogen) atoms. The molecule has 1 fully saturated rings. The maximum absolute atomic E-state index is 4.78. The van der Waals surface area contributed by atoms with Crippen molar-refractivity contribution in [1.82, 2.24) is 15.3 Å². The summed E-state index contributed by atoms with van der Waals surface area (Å²) in [5.74, 6) is 2.08. The lowest BCUT2D eigenvalue weighted by Crippen LogP contribution is -2.41. The number of piperidine rings is 1. The molecule has 118 valence electrons. The van der Waals surface area contributed by atoms with Crippen LogP contribution in [0.5, 0.6) is 0 Å². The van der Waals surface area contributed by atoms with E-state index in [0.717, 1.165) is 37.0 Å². The second-order valence-electron chi connectivity index (χ2n) is 6.91. The van der Waals surface area contributed by atoms with Crippen LogP contribution in [0.3, 0.4) is 0 Å². The molecule has 1 saturated heterocycles. The van der Waals surface area contributed by atoms with Gasteiger partial charge in [0.25, 0.3) is 0 Å². The predicted molar refractivity (Wildman–Crippen MR) is 88.9 cm³/mol. The molecule has 0 spiro atoms. The van der Waals surface area contributed by atoms with Gasteiger partial charge in [-0.25, -0.2) is 9.97 Å². The molecule has 0 radical (unpaired) electrons. The van der Waals surface area contributed by atoms with Crippen molar-refractivity contribution in [1.29, 1.82) is 0 Å². The first-order valence-corrected chi connectivity index (χ1v) is 8.29. The Hall–Kier alpha value is -1.16. The molecule has 4 nitrogen and oxygen atoms in total. The van der Waals surface area contributed by atoms with Crippen LogP contribution in [0.25, 0.3) is 0 Å². The molecule has 2 heterocycles. The van der Waals surface area contributed by atoms with Crippen LogP contribution in [0.4, 0.5) is 5.95 Å².